The average Bonchev–Trinajstić information content (AvgIpc) is 1.60. The van der Waals surface area contributed by atoms with Gasteiger partial charge >= 0.3 is 0 Å². The van der Waals surface area contributed by atoms with Gasteiger partial charge in [0.25, 0.3) is 0 Å². The van der Waals surface area contributed by atoms with Crippen molar-refractivity contribution in [1.82, 2.24) is 4.90 Å². The normalized spacial score (nSPS) is 28.3. The summed E-state index contributed by atoms with van der Waals surface area (Å²) in [5, 5.41) is 0. The predicted octanol–water partition coefficient (Wildman–Crippen LogP) is 1.65. The van der Waals surface area contributed by atoms with E-state index >= 15 is 0 Å². The summed E-state index contributed by atoms with van der Waals surface area (Å²) in [6.07, 6.45) is 0. The van der Waals surface area contributed by atoms with E-state index in [4.69, 9.17) is 0 Å². The SMILES string of the molecule is CN1CSCC(C)(C)C1. The van der Waals surface area contributed by atoms with Crippen LogP contribution in [0.4, 0.5) is 0 Å². The highest BCUT2D eigenvalue weighted by Crippen LogP contribution is 2.27. The van der Waals surface area contributed by atoms with Gasteiger partial charge in [0.15, 0.2) is 0 Å². The van der Waals surface area contributed by atoms with Crippen LogP contribution in [-0.4, -0.2) is 30.1 Å². The number of hydrogen-bond donors (Lipinski definition) is 0. The summed E-state index contributed by atoms with van der Waals surface area (Å²) < 4.78 is 0. The van der Waals surface area contributed by atoms with Crippen LogP contribution in [0, 0.1) is 5.41 Å². The van der Waals surface area contributed by atoms with Gasteiger partial charge in [-0.25, -0.2) is 0 Å². The van der Waals surface area contributed by atoms with Crippen LogP contribution in [-0.2, 0) is 0 Å². The molecular weight excluding hydrogens is 130 g/mol. The molecule has 1 nitrogen and oxygen atoms in total. The molecule has 0 aliphatic carbocycles. The summed E-state index contributed by atoms with van der Waals surface area (Å²) in [7, 11) is 2.19. The van der Waals surface area contributed by atoms with Crippen molar-refractivity contribution in [3.63, 3.8) is 0 Å². The molecule has 1 saturated heterocycles. The van der Waals surface area contributed by atoms with Gasteiger partial charge in [-0.15, -0.1) is 11.8 Å². The van der Waals surface area contributed by atoms with E-state index in [0.29, 0.717) is 5.41 Å². The summed E-state index contributed by atoms with van der Waals surface area (Å²) in [6.45, 7) is 5.91. The minimum Gasteiger partial charge on any atom is -0.297 e. The molecule has 0 atom stereocenters. The van der Waals surface area contributed by atoms with Crippen molar-refractivity contribution in [3.05, 3.63) is 0 Å². The second-order valence-corrected chi connectivity index (χ2v) is 4.61. The van der Waals surface area contributed by atoms with Crippen molar-refractivity contribution in [2.75, 3.05) is 25.2 Å². The molecule has 0 amide bonds. The maximum atomic E-state index is 2.38. The molecule has 2 heteroatoms. The first-order valence-corrected chi connectivity index (χ1v) is 4.52. The summed E-state index contributed by atoms with van der Waals surface area (Å²) >= 11 is 2.04. The van der Waals surface area contributed by atoms with Gasteiger partial charge in [-0.3, -0.25) is 4.90 Å². The van der Waals surface area contributed by atoms with Crippen LogP contribution < -0.4 is 0 Å². The molecule has 0 saturated carbocycles. The van der Waals surface area contributed by atoms with Crippen molar-refractivity contribution in [2.24, 2.45) is 5.41 Å². The van der Waals surface area contributed by atoms with Gasteiger partial charge in [-0.2, -0.15) is 0 Å². The van der Waals surface area contributed by atoms with Gasteiger partial charge in [0.2, 0.25) is 0 Å². The fraction of sp³-hybridized carbons (Fsp3) is 1.00. The zero-order valence-electron chi connectivity index (χ0n) is 6.48. The van der Waals surface area contributed by atoms with Crippen molar-refractivity contribution < 1.29 is 0 Å². The molecule has 1 aliphatic rings. The molecule has 0 aromatic rings. The van der Waals surface area contributed by atoms with Crippen LogP contribution in [0.15, 0.2) is 0 Å². The Balaban J connectivity index is 2.41. The molecule has 0 aromatic heterocycles. The Kier molecular flexibility index (Phi) is 2.07. The molecule has 1 aliphatic heterocycles. The highest BCUT2D eigenvalue weighted by Gasteiger charge is 2.24. The molecule has 0 aromatic carbocycles. The lowest BCUT2D eigenvalue weighted by Gasteiger charge is -2.35. The first kappa shape index (κ1) is 7.42. The topological polar surface area (TPSA) is 3.24 Å². The van der Waals surface area contributed by atoms with Gasteiger partial charge in [-0.1, -0.05) is 13.8 Å². The van der Waals surface area contributed by atoms with E-state index < -0.39 is 0 Å². The van der Waals surface area contributed by atoms with E-state index in [9.17, 15) is 0 Å². The number of nitrogens with zero attached hydrogens (tertiary/aromatic N) is 1. The van der Waals surface area contributed by atoms with Crippen molar-refractivity contribution >= 4 is 11.8 Å². The second kappa shape index (κ2) is 2.51. The Morgan fingerprint density at radius 3 is 2.44 bits per heavy atom. The maximum Gasteiger partial charge on any atom is 0.0441 e. The Hall–Kier alpha value is 0.310. The molecule has 9 heavy (non-hydrogen) atoms. The molecule has 1 rings (SSSR count). The largest absolute Gasteiger partial charge is 0.297 e. The van der Waals surface area contributed by atoms with E-state index in [1.807, 2.05) is 11.8 Å². The molecule has 0 radical (unpaired) electrons. The number of hydrogen-bond acceptors (Lipinski definition) is 2. The molecule has 54 valence electrons. The lowest BCUT2D eigenvalue weighted by molar-refractivity contribution is 0.247. The van der Waals surface area contributed by atoms with Crippen molar-refractivity contribution in [2.45, 2.75) is 13.8 Å². The average molecular weight is 145 g/mol. The predicted molar refractivity (Wildman–Crippen MR) is 43.7 cm³/mol. The smallest absolute Gasteiger partial charge is 0.0441 e. The second-order valence-electron chi connectivity index (χ2n) is 3.66. The highest BCUT2D eigenvalue weighted by molar-refractivity contribution is 7.99. The first-order chi connectivity index (χ1) is 4.10. The summed E-state index contributed by atoms with van der Waals surface area (Å²) in [6, 6.07) is 0. The molecule has 0 bridgehead atoms. The third-order valence-corrected chi connectivity index (χ3v) is 3.11. The van der Waals surface area contributed by atoms with Crippen molar-refractivity contribution in [3.8, 4) is 0 Å². The number of thioether (sulfide) groups is 1. The quantitative estimate of drug-likeness (QED) is 0.510. The lowest BCUT2D eigenvalue weighted by Crippen LogP contribution is -2.37. The third-order valence-electron chi connectivity index (χ3n) is 1.50. The van der Waals surface area contributed by atoms with Gasteiger partial charge in [0, 0.05) is 18.2 Å². The minimum atomic E-state index is 0.539. The van der Waals surface area contributed by atoms with Crippen LogP contribution in [0.25, 0.3) is 0 Å². The van der Waals surface area contributed by atoms with Gasteiger partial charge in [-0.05, 0) is 12.5 Å². The monoisotopic (exact) mass is 145 g/mol. The van der Waals surface area contributed by atoms with E-state index in [1.54, 1.807) is 0 Å². The summed E-state index contributed by atoms with van der Waals surface area (Å²) in [5.74, 6) is 2.53. The van der Waals surface area contributed by atoms with Crippen LogP contribution in [0.1, 0.15) is 13.8 Å². The van der Waals surface area contributed by atoms with E-state index in [2.05, 4.69) is 25.8 Å². The Bertz CT molecular complexity index is 101. The van der Waals surface area contributed by atoms with Gasteiger partial charge in [0.1, 0.15) is 0 Å². The van der Waals surface area contributed by atoms with Crippen LogP contribution in [0.5, 0.6) is 0 Å². The Morgan fingerprint density at radius 2 is 2.11 bits per heavy atom. The fourth-order valence-corrected chi connectivity index (χ4v) is 2.44. The molecule has 1 fully saturated rings. The van der Waals surface area contributed by atoms with E-state index in [-0.39, 0.29) is 0 Å². The fourth-order valence-electron chi connectivity index (χ4n) is 1.30. The molecule has 0 unspecified atom stereocenters. The zero-order chi connectivity index (χ0) is 6.91. The van der Waals surface area contributed by atoms with E-state index in [1.165, 1.54) is 18.2 Å². The zero-order valence-corrected chi connectivity index (χ0v) is 7.29. The lowest BCUT2D eigenvalue weighted by atomic mass is 9.96. The first-order valence-electron chi connectivity index (χ1n) is 3.36. The Morgan fingerprint density at radius 1 is 1.44 bits per heavy atom. The Labute approximate surface area is 61.8 Å². The van der Waals surface area contributed by atoms with Crippen molar-refractivity contribution in [1.29, 1.82) is 0 Å². The van der Waals surface area contributed by atoms with Gasteiger partial charge in [0.05, 0.1) is 0 Å². The summed E-state index contributed by atoms with van der Waals surface area (Å²) in [5.41, 5.74) is 0.539. The molecular formula is C7H15NS. The highest BCUT2D eigenvalue weighted by atomic mass is 32.2. The summed E-state index contributed by atoms with van der Waals surface area (Å²) in [4.78, 5) is 2.38. The van der Waals surface area contributed by atoms with E-state index in [0.717, 1.165) is 0 Å². The van der Waals surface area contributed by atoms with Gasteiger partial charge < -0.3 is 0 Å². The number of rotatable bonds is 0. The molecule has 0 N–H and O–H groups in total. The maximum absolute atomic E-state index is 2.38. The van der Waals surface area contributed by atoms with Crippen LogP contribution in [0.2, 0.25) is 0 Å². The third kappa shape index (κ3) is 2.18. The van der Waals surface area contributed by atoms with Crippen LogP contribution in [0.3, 0.4) is 0 Å². The minimum absolute atomic E-state index is 0.539. The van der Waals surface area contributed by atoms with Crippen LogP contribution >= 0.6 is 11.8 Å². The molecule has 1 heterocycles. The standard InChI is InChI=1S/C7H15NS/c1-7(2)4-8(3)6-9-5-7/h4-6H2,1-3H3. The molecule has 0 spiro atoms.